The zero-order chi connectivity index (χ0) is 18.1. The van der Waals surface area contributed by atoms with E-state index in [0.717, 1.165) is 24.8 Å². The number of hydrogen-bond acceptors (Lipinski definition) is 4. The topological polar surface area (TPSA) is 71.4 Å². The molecule has 7 atom stereocenters. The molecule has 136 valence electrons. The highest BCUT2D eigenvalue weighted by molar-refractivity contribution is 5.93. The van der Waals surface area contributed by atoms with Crippen molar-refractivity contribution in [3.8, 4) is 0 Å². The first-order valence-corrected chi connectivity index (χ1v) is 9.63. The summed E-state index contributed by atoms with van der Waals surface area (Å²) in [6.45, 7) is 5.79. The molecular weight excluding hydrogens is 316 g/mol. The molecule has 4 rings (SSSR count). The molecule has 0 spiro atoms. The van der Waals surface area contributed by atoms with Crippen molar-refractivity contribution in [1.29, 1.82) is 0 Å². The monoisotopic (exact) mass is 344 g/mol. The number of hydrogen-bond donors (Lipinski definition) is 1. The van der Waals surface area contributed by atoms with E-state index in [0.29, 0.717) is 19.3 Å². The van der Waals surface area contributed by atoms with Crippen LogP contribution in [-0.4, -0.2) is 28.6 Å². The van der Waals surface area contributed by atoms with Crippen molar-refractivity contribution < 1.29 is 19.5 Å². The number of aliphatic hydroxyl groups is 1. The van der Waals surface area contributed by atoms with Gasteiger partial charge in [-0.05, 0) is 61.3 Å². The summed E-state index contributed by atoms with van der Waals surface area (Å²) in [5.74, 6) is 0.333. The molecule has 4 heteroatoms. The van der Waals surface area contributed by atoms with Crippen LogP contribution < -0.4 is 0 Å². The largest absolute Gasteiger partial charge is 0.393 e. The number of carbonyl (C=O) groups is 3. The van der Waals surface area contributed by atoms with Gasteiger partial charge in [-0.25, -0.2) is 0 Å². The van der Waals surface area contributed by atoms with Crippen LogP contribution in [0.15, 0.2) is 11.6 Å². The van der Waals surface area contributed by atoms with Crippen molar-refractivity contribution in [2.75, 3.05) is 0 Å². The molecule has 0 radical (unpaired) electrons. The zero-order valence-corrected chi connectivity index (χ0v) is 15.4. The maximum Gasteiger partial charge on any atom is 0.155 e. The van der Waals surface area contributed by atoms with Crippen LogP contribution in [0, 0.1) is 34.5 Å². The Morgan fingerprint density at radius 3 is 2.64 bits per heavy atom. The lowest BCUT2D eigenvalue weighted by atomic mass is 9.46. The minimum Gasteiger partial charge on any atom is -0.393 e. The van der Waals surface area contributed by atoms with E-state index < -0.39 is 11.5 Å². The van der Waals surface area contributed by atoms with Crippen LogP contribution in [0.4, 0.5) is 0 Å². The second-order valence-electron chi connectivity index (χ2n) is 9.37. The second kappa shape index (κ2) is 5.35. The molecule has 1 N–H and O–H groups in total. The predicted octanol–water partition coefficient (Wildman–Crippen LogP) is 2.87. The van der Waals surface area contributed by atoms with Gasteiger partial charge >= 0.3 is 0 Å². The van der Waals surface area contributed by atoms with Gasteiger partial charge in [-0.1, -0.05) is 19.4 Å². The first-order chi connectivity index (χ1) is 11.7. The summed E-state index contributed by atoms with van der Waals surface area (Å²) >= 11 is 0. The van der Waals surface area contributed by atoms with E-state index in [1.807, 2.05) is 6.92 Å². The van der Waals surface area contributed by atoms with Gasteiger partial charge in [-0.3, -0.25) is 14.4 Å². The highest BCUT2D eigenvalue weighted by atomic mass is 16.3. The Balaban J connectivity index is 1.77. The minimum absolute atomic E-state index is 0.0140. The fourth-order valence-corrected chi connectivity index (χ4v) is 7.09. The van der Waals surface area contributed by atoms with Gasteiger partial charge in [-0.15, -0.1) is 0 Å². The number of Topliss-reactive ketones (excluding diaryl/α,β-unsaturated/α-hetero) is 2. The molecule has 0 amide bonds. The zero-order valence-electron chi connectivity index (χ0n) is 15.4. The Hall–Kier alpha value is -1.29. The fraction of sp³-hybridized carbons (Fsp3) is 0.762. The first-order valence-electron chi connectivity index (χ1n) is 9.63. The summed E-state index contributed by atoms with van der Waals surface area (Å²) in [5, 5.41) is 10.8. The highest BCUT2D eigenvalue weighted by Crippen LogP contribution is 2.65. The maximum absolute atomic E-state index is 13.3. The number of aliphatic hydroxyl groups excluding tert-OH is 1. The number of carbonyl (C=O) groups excluding carboxylic acids is 3. The van der Waals surface area contributed by atoms with Gasteiger partial charge < -0.3 is 5.11 Å². The lowest BCUT2D eigenvalue weighted by molar-refractivity contribution is -0.151. The maximum atomic E-state index is 13.3. The van der Waals surface area contributed by atoms with E-state index in [1.165, 1.54) is 0 Å². The van der Waals surface area contributed by atoms with E-state index in [-0.39, 0.29) is 46.4 Å². The van der Waals surface area contributed by atoms with E-state index in [2.05, 4.69) is 6.92 Å². The van der Waals surface area contributed by atoms with E-state index in [9.17, 15) is 19.5 Å². The Morgan fingerprint density at radius 2 is 1.96 bits per heavy atom. The molecule has 0 bridgehead atoms. The summed E-state index contributed by atoms with van der Waals surface area (Å²) in [6, 6.07) is 0. The average molecular weight is 344 g/mol. The third-order valence-electron chi connectivity index (χ3n) is 8.12. The first kappa shape index (κ1) is 17.1. The SMILES string of the molecule is CC(=O)[C@H]1CC(O)[C@H]2[C@@H]3CCC4=CC(=O)CC[C@]4(C)[C@H]3C(=O)C[C@]12C. The predicted molar refractivity (Wildman–Crippen MR) is 92.7 cm³/mol. The molecule has 0 aromatic carbocycles. The standard InChI is InChI=1S/C21H28O4/c1-11(22)15-9-16(24)18-14-5-4-12-8-13(23)6-7-20(12,2)19(14)17(25)10-21(15,18)3/h8,14-16,18-19,24H,4-7,9-10H2,1-3H3/t14-,15+,16?,18+,19+,20-,21+/m0/s1. The number of allylic oxidation sites excluding steroid dienone is 1. The second-order valence-corrected chi connectivity index (χ2v) is 9.37. The molecule has 0 aromatic rings. The lowest BCUT2D eigenvalue weighted by Gasteiger charge is -2.57. The molecule has 4 aliphatic carbocycles. The highest BCUT2D eigenvalue weighted by Gasteiger charge is 2.65. The van der Waals surface area contributed by atoms with E-state index in [1.54, 1.807) is 13.0 Å². The minimum atomic E-state index is -0.501. The van der Waals surface area contributed by atoms with Crippen LogP contribution in [0.25, 0.3) is 0 Å². The molecule has 0 heterocycles. The number of fused-ring (bicyclic) bond motifs is 5. The molecule has 3 fully saturated rings. The van der Waals surface area contributed by atoms with Crippen LogP contribution in [0.2, 0.25) is 0 Å². The van der Waals surface area contributed by atoms with Crippen molar-refractivity contribution in [2.45, 2.75) is 65.4 Å². The summed E-state index contributed by atoms with van der Waals surface area (Å²) < 4.78 is 0. The van der Waals surface area contributed by atoms with Crippen LogP contribution in [0.5, 0.6) is 0 Å². The number of ketones is 3. The van der Waals surface area contributed by atoms with E-state index in [4.69, 9.17) is 0 Å². The quantitative estimate of drug-likeness (QED) is 0.794. The van der Waals surface area contributed by atoms with Crippen molar-refractivity contribution in [1.82, 2.24) is 0 Å². The molecule has 3 saturated carbocycles. The summed E-state index contributed by atoms with van der Waals surface area (Å²) in [6.07, 6.45) is 5.08. The Bertz CT molecular complexity index is 692. The molecule has 25 heavy (non-hydrogen) atoms. The Morgan fingerprint density at radius 1 is 1.24 bits per heavy atom. The molecular formula is C21H28O4. The van der Waals surface area contributed by atoms with Crippen molar-refractivity contribution in [3.05, 3.63) is 11.6 Å². The molecule has 1 unspecified atom stereocenters. The average Bonchev–Trinajstić information content (AvgIpc) is 2.78. The third kappa shape index (κ3) is 2.19. The van der Waals surface area contributed by atoms with Gasteiger partial charge in [0, 0.05) is 24.7 Å². The van der Waals surface area contributed by atoms with Crippen LogP contribution in [-0.2, 0) is 14.4 Å². The van der Waals surface area contributed by atoms with Gasteiger partial charge in [0.15, 0.2) is 5.78 Å². The van der Waals surface area contributed by atoms with Crippen molar-refractivity contribution >= 4 is 17.3 Å². The number of rotatable bonds is 1. The van der Waals surface area contributed by atoms with Gasteiger partial charge in [-0.2, -0.15) is 0 Å². The van der Waals surface area contributed by atoms with Gasteiger partial charge in [0.2, 0.25) is 0 Å². The Labute approximate surface area is 149 Å². The molecule has 0 saturated heterocycles. The summed E-state index contributed by atoms with van der Waals surface area (Å²) in [7, 11) is 0. The smallest absolute Gasteiger partial charge is 0.155 e. The summed E-state index contributed by atoms with van der Waals surface area (Å²) in [4.78, 5) is 37.3. The van der Waals surface area contributed by atoms with Crippen LogP contribution in [0.1, 0.15) is 59.3 Å². The summed E-state index contributed by atoms with van der Waals surface area (Å²) in [5.41, 5.74) is 0.479. The normalized spacial score (nSPS) is 49.1. The van der Waals surface area contributed by atoms with Crippen molar-refractivity contribution in [3.63, 3.8) is 0 Å². The van der Waals surface area contributed by atoms with E-state index >= 15 is 0 Å². The van der Waals surface area contributed by atoms with Crippen molar-refractivity contribution in [2.24, 2.45) is 34.5 Å². The third-order valence-corrected chi connectivity index (χ3v) is 8.12. The van der Waals surface area contributed by atoms with Crippen LogP contribution >= 0.6 is 0 Å². The van der Waals surface area contributed by atoms with Gasteiger partial charge in [0.1, 0.15) is 11.6 Å². The molecule has 4 nitrogen and oxygen atoms in total. The molecule has 0 aromatic heterocycles. The van der Waals surface area contributed by atoms with Gasteiger partial charge in [0.25, 0.3) is 0 Å². The Kier molecular flexibility index (Phi) is 3.67. The molecule has 0 aliphatic heterocycles. The lowest BCUT2D eigenvalue weighted by Crippen LogP contribution is -2.56. The van der Waals surface area contributed by atoms with Gasteiger partial charge in [0.05, 0.1) is 6.10 Å². The fourth-order valence-electron chi connectivity index (χ4n) is 7.09. The molecule has 4 aliphatic rings. The van der Waals surface area contributed by atoms with Crippen LogP contribution in [0.3, 0.4) is 0 Å².